The maximum atomic E-state index is 11.2. The lowest BCUT2D eigenvalue weighted by Gasteiger charge is -2.13. The Morgan fingerprint density at radius 3 is 3.10 bits per heavy atom. The molecule has 2 heterocycles. The minimum absolute atomic E-state index is 0.255. The van der Waals surface area contributed by atoms with Gasteiger partial charge in [0, 0.05) is 12.5 Å². The third-order valence-corrected chi connectivity index (χ3v) is 3.89. The summed E-state index contributed by atoms with van der Waals surface area (Å²) in [6.07, 6.45) is 6.27. The molecule has 1 fully saturated rings. The standard InChI is InChI=1S/C12H16N6O2/c13-11-10-12(15-5-14-11)18(6-16-10)8-2-1-7(3-8)4-9(19)17-20/h5-8,20H,1-4H2,(H,17,19)(H2,13,14,15). The zero-order chi connectivity index (χ0) is 14.1. The molecule has 0 aromatic carbocycles. The summed E-state index contributed by atoms with van der Waals surface area (Å²) in [5.74, 6) is 0.310. The third-order valence-electron chi connectivity index (χ3n) is 3.89. The summed E-state index contributed by atoms with van der Waals surface area (Å²) in [6.45, 7) is 0. The highest BCUT2D eigenvalue weighted by Crippen LogP contribution is 2.37. The smallest absolute Gasteiger partial charge is 0.243 e. The second kappa shape index (κ2) is 5.04. The molecule has 3 rings (SSSR count). The van der Waals surface area contributed by atoms with Crippen LogP contribution in [0.25, 0.3) is 11.2 Å². The molecule has 8 nitrogen and oxygen atoms in total. The number of nitrogens with zero attached hydrogens (tertiary/aromatic N) is 4. The normalized spacial score (nSPS) is 22.2. The average Bonchev–Trinajstić information content (AvgIpc) is 3.05. The molecule has 2 unspecified atom stereocenters. The number of aromatic nitrogens is 4. The highest BCUT2D eigenvalue weighted by molar-refractivity contribution is 5.81. The summed E-state index contributed by atoms with van der Waals surface area (Å²) in [5, 5.41) is 8.57. The molecule has 1 aliphatic carbocycles. The maximum absolute atomic E-state index is 11.2. The van der Waals surface area contributed by atoms with E-state index in [-0.39, 0.29) is 17.9 Å². The second-order valence-corrected chi connectivity index (χ2v) is 5.15. The molecule has 8 heteroatoms. The van der Waals surface area contributed by atoms with Crippen LogP contribution in [0.15, 0.2) is 12.7 Å². The number of rotatable bonds is 3. The summed E-state index contributed by atoms with van der Waals surface area (Å²) in [6, 6.07) is 0.255. The molecule has 2 aromatic heterocycles. The second-order valence-electron chi connectivity index (χ2n) is 5.15. The molecule has 1 amide bonds. The van der Waals surface area contributed by atoms with Gasteiger partial charge in [-0.05, 0) is 25.2 Å². The fraction of sp³-hybridized carbons (Fsp3) is 0.500. The van der Waals surface area contributed by atoms with E-state index in [1.807, 2.05) is 4.57 Å². The monoisotopic (exact) mass is 276 g/mol. The van der Waals surface area contributed by atoms with Gasteiger partial charge >= 0.3 is 0 Å². The molecule has 2 atom stereocenters. The SMILES string of the molecule is Nc1ncnc2c1ncn2C1CCC(CC(=O)NO)C1. The van der Waals surface area contributed by atoms with Crippen LogP contribution in [0, 0.1) is 5.92 Å². The predicted octanol–water partition coefficient (Wildman–Crippen LogP) is 0.645. The number of nitrogens with two attached hydrogens (primary N) is 1. The van der Waals surface area contributed by atoms with Crippen molar-refractivity contribution in [3.8, 4) is 0 Å². The van der Waals surface area contributed by atoms with E-state index in [0.29, 0.717) is 17.8 Å². The van der Waals surface area contributed by atoms with Crippen LogP contribution >= 0.6 is 0 Å². The van der Waals surface area contributed by atoms with Gasteiger partial charge in [-0.1, -0.05) is 0 Å². The van der Waals surface area contributed by atoms with Gasteiger partial charge in [-0.25, -0.2) is 20.4 Å². The van der Waals surface area contributed by atoms with Crippen LogP contribution in [0.2, 0.25) is 0 Å². The highest BCUT2D eigenvalue weighted by atomic mass is 16.5. The van der Waals surface area contributed by atoms with Gasteiger partial charge in [0.2, 0.25) is 5.91 Å². The Labute approximate surface area is 115 Å². The van der Waals surface area contributed by atoms with Gasteiger partial charge in [-0.2, -0.15) is 0 Å². The highest BCUT2D eigenvalue weighted by Gasteiger charge is 2.28. The van der Waals surface area contributed by atoms with Crippen LogP contribution in [-0.2, 0) is 4.79 Å². The topological polar surface area (TPSA) is 119 Å². The quantitative estimate of drug-likeness (QED) is 0.559. The zero-order valence-corrected chi connectivity index (χ0v) is 10.9. The van der Waals surface area contributed by atoms with Crippen molar-refractivity contribution in [2.24, 2.45) is 5.92 Å². The van der Waals surface area contributed by atoms with Crippen molar-refractivity contribution in [2.45, 2.75) is 31.7 Å². The lowest BCUT2D eigenvalue weighted by atomic mass is 10.0. The molecule has 4 N–H and O–H groups in total. The Bertz CT molecular complexity index is 640. The zero-order valence-electron chi connectivity index (χ0n) is 10.9. The number of fused-ring (bicyclic) bond motifs is 1. The van der Waals surface area contributed by atoms with Gasteiger partial charge in [0.25, 0.3) is 0 Å². The van der Waals surface area contributed by atoms with Gasteiger partial charge in [0.1, 0.15) is 11.8 Å². The van der Waals surface area contributed by atoms with E-state index < -0.39 is 0 Å². The van der Waals surface area contributed by atoms with Crippen LogP contribution in [0.5, 0.6) is 0 Å². The van der Waals surface area contributed by atoms with E-state index >= 15 is 0 Å². The molecule has 0 bridgehead atoms. The largest absolute Gasteiger partial charge is 0.382 e. The Morgan fingerprint density at radius 1 is 1.45 bits per heavy atom. The molecular weight excluding hydrogens is 260 g/mol. The van der Waals surface area contributed by atoms with Crippen molar-refractivity contribution in [1.82, 2.24) is 25.0 Å². The molecule has 0 spiro atoms. The van der Waals surface area contributed by atoms with E-state index in [1.54, 1.807) is 11.8 Å². The number of amides is 1. The number of nitrogens with one attached hydrogen (secondary N) is 1. The minimum Gasteiger partial charge on any atom is -0.382 e. The van der Waals surface area contributed by atoms with E-state index in [4.69, 9.17) is 10.9 Å². The first-order chi connectivity index (χ1) is 9.69. The summed E-state index contributed by atoms with van der Waals surface area (Å²) < 4.78 is 2.00. The third kappa shape index (κ3) is 2.18. The van der Waals surface area contributed by atoms with Crippen molar-refractivity contribution < 1.29 is 10.0 Å². The van der Waals surface area contributed by atoms with Crippen LogP contribution in [0.4, 0.5) is 5.82 Å². The number of hydrogen-bond acceptors (Lipinski definition) is 6. The Balaban J connectivity index is 1.80. The van der Waals surface area contributed by atoms with E-state index in [2.05, 4.69) is 15.0 Å². The number of hydrogen-bond donors (Lipinski definition) is 3. The average molecular weight is 276 g/mol. The van der Waals surface area contributed by atoms with Gasteiger partial charge in [0.15, 0.2) is 11.5 Å². The van der Waals surface area contributed by atoms with E-state index in [1.165, 1.54) is 6.33 Å². The van der Waals surface area contributed by atoms with Gasteiger partial charge in [-0.3, -0.25) is 10.0 Å². The Morgan fingerprint density at radius 2 is 2.30 bits per heavy atom. The number of imidazole rings is 1. The molecular formula is C12H16N6O2. The Hall–Kier alpha value is -2.22. The number of carbonyl (C=O) groups excluding carboxylic acids is 1. The Kier molecular flexibility index (Phi) is 3.23. The molecule has 20 heavy (non-hydrogen) atoms. The van der Waals surface area contributed by atoms with Crippen molar-refractivity contribution in [2.75, 3.05) is 5.73 Å². The van der Waals surface area contributed by atoms with Crippen molar-refractivity contribution in [3.05, 3.63) is 12.7 Å². The van der Waals surface area contributed by atoms with Crippen molar-refractivity contribution in [1.29, 1.82) is 0 Å². The van der Waals surface area contributed by atoms with Gasteiger partial charge in [0.05, 0.1) is 6.33 Å². The summed E-state index contributed by atoms with van der Waals surface area (Å²) in [5.41, 5.74) is 8.80. The lowest BCUT2D eigenvalue weighted by Crippen LogP contribution is -2.21. The van der Waals surface area contributed by atoms with E-state index in [0.717, 1.165) is 24.9 Å². The number of anilines is 1. The molecule has 0 saturated heterocycles. The molecule has 1 aliphatic rings. The molecule has 0 radical (unpaired) electrons. The van der Waals surface area contributed by atoms with E-state index in [9.17, 15) is 4.79 Å². The van der Waals surface area contributed by atoms with Crippen LogP contribution in [0.3, 0.4) is 0 Å². The molecule has 1 saturated carbocycles. The first-order valence-electron chi connectivity index (χ1n) is 6.55. The minimum atomic E-state index is -0.335. The molecule has 2 aromatic rings. The van der Waals surface area contributed by atoms with Crippen LogP contribution < -0.4 is 11.2 Å². The maximum Gasteiger partial charge on any atom is 0.243 e. The fourth-order valence-electron chi connectivity index (χ4n) is 2.93. The van der Waals surface area contributed by atoms with Crippen LogP contribution in [0.1, 0.15) is 31.7 Å². The van der Waals surface area contributed by atoms with Crippen molar-refractivity contribution in [3.63, 3.8) is 0 Å². The van der Waals surface area contributed by atoms with Gasteiger partial charge in [-0.15, -0.1) is 0 Å². The van der Waals surface area contributed by atoms with Crippen LogP contribution in [-0.4, -0.2) is 30.6 Å². The first-order valence-corrected chi connectivity index (χ1v) is 6.55. The predicted molar refractivity (Wildman–Crippen MR) is 70.7 cm³/mol. The van der Waals surface area contributed by atoms with Crippen molar-refractivity contribution >= 4 is 22.9 Å². The lowest BCUT2D eigenvalue weighted by molar-refractivity contribution is -0.130. The summed E-state index contributed by atoms with van der Waals surface area (Å²) in [4.78, 5) is 23.6. The molecule has 106 valence electrons. The number of nitrogen functional groups attached to an aromatic ring is 1. The fourth-order valence-corrected chi connectivity index (χ4v) is 2.93. The number of carbonyl (C=O) groups is 1. The molecule has 0 aliphatic heterocycles. The summed E-state index contributed by atoms with van der Waals surface area (Å²) >= 11 is 0. The number of hydroxylamine groups is 1. The summed E-state index contributed by atoms with van der Waals surface area (Å²) in [7, 11) is 0. The first kappa shape index (κ1) is 12.8. The van der Waals surface area contributed by atoms with Gasteiger partial charge < -0.3 is 10.3 Å².